The quantitative estimate of drug-likeness (QED) is 0.816. The Hall–Kier alpha value is -1.02. The summed E-state index contributed by atoms with van der Waals surface area (Å²) in [5.74, 6) is 0.952. The summed E-state index contributed by atoms with van der Waals surface area (Å²) in [7, 11) is 0. The number of hydrogen-bond acceptors (Lipinski definition) is 2. The fourth-order valence-corrected chi connectivity index (χ4v) is 3.58. The summed E-state index contributed by atoms with van der Waals surface area (Å²) >= 11 is 0. The lowest BCUT2D eigenvalue weighted by atomic mass is 10.0. The standard InChI is InChI=1S/C17H26N2/c1-2-7-15(6-1)14-18-11-13-19-12-5-9-16-8-3-4-10-17(16)19/h3-4,8,10,15,18H,1-2,5-7,9,11-14H2. The van der Waals surface area contributed by atoms with Crippen LogP contribution in [0, 0.1) is 5.92 Å². The number of rotatable bonds is 5. The zero-order valence-electron chi connectivity index (χ0n) is 11.9. The average Bonchev–Trinajstić information content (AvgIpc) is 2.97. The van der Waals surface area contributed by atoms with Gasteiger partial charge in [0.2, 0.25) is 0 Å². The molecule has 3 rings (SSSR count). The third-order valence-electron chi connectivity index (χ3n) is 4.67. The van der Waals surface area contributed by atoms with Crippen LogP contribution in [-0.2, 0) is 6.42 Å². The predicted octanol–water partition coefficient (Wildman–Crippen LogP) is 3.22. The lowest BCUT2D eigenvalue weighted by molar-refractivity contribution is 0.489. The highest BCUT2D eigenvalue weighted by Gasteiger charge is 2.16. The first-order chi connectivity index (χ1) is 9.43. The van der Waals surface area contributed by atoms with Gasteiger partial charge in [0, 0.05) is 25.3 Å². The average molecular weight is 258 g/mol. The Morgan fingerprint density at radius 1 is 1.11 bits per heavy atom. The molecule has 0 unspecified atom stereocenters. The van der Waals surface area contributed by atoms with Gasteiger partial charge in [-0.2, -0.15) is 0 Å². The van der Waals surface area contributed by atoms with Crippen molar-refractivity contribution in [2.45, 2.75) is 38.5 Å². The number of nitrogens with zero attached hydrogens (tertiary/aromatic N) is 1. The van der Waals surface area contributed by atoms with Crippen molar-refractivity contribution < 1.29 is 0 Å². The van der Waals surface area contributed by atoms with E-state index in [0.717, 1.165) is 19.0 Å². The van der Waals surface area contributed by atoms with Gasteiger partial charge in [0.15, 0.2) is 0 Å². The SMILES string of the molecule is c1ccc2c(c1)CCCN2CCNCC1CCCC1. The number of fused-ring (bicyclic) bond motifs is 1. The Bertz CT molecular complexity index is 396. The van der Waals surface area contributed by atoms with Crippen LogP contribution in [0.5, 0.6) is 0 Å². The Kier molecular flexibility index (Phi) is 4.39. The Labute approximate surface area is 117 Å². The van der Waals surface area contributed by atoms with Crippen LogP contribution < -0.4 is 10.2 Å². The normalized spacial score (nSPS) is 19.7. The second-order valence-electron chi connectivity index (χ2n) is 6.07. The van der Waals surface area contributed by atoms with E-state index in [1.54, 1.807) is 0 Å². The molecule has 1 heterocycles. The largest absolute Gasteiger partial charge is 0.370 e. The molecular weight excluding hydrogens is 232 g/mol. The molecule has 1 aromatic rings. The number of anilines is 1. The lowest BCUT2D eigenvalue weighted by Gasteiger charge is -2.31. The van der Waals surface area contributed by atoms with E-state index in [1.165, 1.54) is 62.9 Å². The van der Waals surface area contributed by atoms with Crippen molar-refractivity contribution >= 4 is 5.69 Å². The molecule has 1 N–H and O–H groups in total. The van der Waals surface area contributed by atoms with Crippen LogP contribution in [0.15, 0.2) is 24.3 Å². The number of aryl methyl sites for hydroxylation is 1. The van der Waals surface area contributed by atoms with E-state index in [4.69, 9.17) is 0 Å². The Balaban J connectivity index is 1.45. The summed E-state index contributed by atoms with van der Waals surface area (Å²) in [6.45, 7) is 4.74. The van der Waals surface area contributed by atoms with Gasteiger partial charge in [-0.05, 0) is 49.8 Å². The van der Waals surface area contributed by atoms with Crippen molar-refractivity contribution in [3.05, 3.63) is 29.8 Å². The van der Waals surface area contributed by atoms with Crippen molar-refractivity contribution in [2.75, 3.05) is 31.1 Å². The van der Waals surface area contributed by atoms with Crippen LogP contribution in [-0.4, -0.2) is 26.2 Å². The molecule has 1 aliphatic heterocycles. The molecule has 1 aliphatic carbocycles. The van der Waals surface area contributed by atoms with Crippen molar-refractivity contribution in [1.29, 1.82) is 0 Å². The maximum atomic E-state index is 3.66. The Morgan fingerprint density at radius 2 is 1.95 bits per heavy atom. The molecule has 0 aromatic heterocycles. The number of para-hydroxylation sites is 1. The molecule has 2 aliphatic rings. The van der Waals surface area contributed by atoms with Crippen LogP contribution in [0.1, 0.15) is 37.7 Å². The van der Waals surface area contributed by atoms with Crippen molar-refractivity contribution in [1.82, 2.24) is 5.32 Å². The van der Waals surface area contributed by atoms with Gasteiger partial charge in [-0.25, -0.2) is 0 Å². The highest BCUT2D eigenvalue weighted by molar-refractivity contribution is 5.55. The van der Waals surface area contributed by atoms with Crippen molar-refractivity contribution in [3.63, 3.8) is 0 Å². The molecule has 2 heteroatoms. The van der Waals surface area contributed by atoms with Gasteiger partial charge in [-0.15, -0.1) is 0 Å². The van der Waals surface area contributed by atoms with E-state index in [0.29, 0.717) is 0 Å². The molecule has 0 amide bonds. The summed E-state index contributed by atoms with van der Waals surface area (Å²) in [6.07, 6.45) is 8.35. The molecule has 0 bridgehead atoms. The fraction of sp³-hybridized carbons (Fsp3) is 0.647. The van der Waals surface area contributed by atoms with Gasteiger partial charge in [-0.1, -0.05) is 31.0 Å². The van der Waals surface area contributed by atoms with Crippen LogP contribution >= 0.6 is 0 Å². The minimum Gasteiger partial charge on any atom is -0.370 e. The first kappa shape index (κ1) is 13.0. The summed E-state index contributed by atoms with van der Waals surface area (Å²) in [5, 5.41) is 3.66. The minimum atomic E-state index is 0.952. The number of nitrogens with one attached hydrogen (secondary N) is 1. The molecule has 1 saturated carbocycles. The van der Waals surface area contributed by atoms with E-state index >= 15 is 0 Å². The second-order valence-corrected chi connectivity index (χ2v) is 6.07. The van der Waals surface area contributed by atoms with Crippen LogP contribution in [0.4, 0.5) is 5.69 Å². The monoisotopic (exact) mass is 258 g/mol. The Morgan fingerprint density at radius 3 is 2.84 bits per heavy atom. The van der Waals surface area contributed by atoms with E-state index < -0.39 is 0 Å². The van der Waals surface area contributed by atoms with Crippen LogP contribution in [0.3, 0.4) is 0 Å². The molecule has 0 atom stereocenters. The molecule has 1 aromatic carbocycles. The van der Waals surface area contributed by atoms with E-state index in [2.05, 4.69) is 34.5 Å². The number of benzene rings is 1. The molecule has 1 fully saturated rings. The van der Waals surface area contributed by atoms with Crippen LogP contribution in [0.25, 0.3) is 0 Å². The van der Waals surface area contributed by atoms with Gasteiger partial charge in [-0.3, -0.25) is 0 Å². The summed E-state index contributed by atoms with van der Waals surface area (Å²) in [4.78, 5) is 2.56. The van der Waals surface area contributed by atoms with Gasteiger partial charge in [0.1, 0.15) is 0 Å². The highest BCUT2D eigenvalue weighted by atomic mass is 15.1. The molecule has 104 valence electrons. The van der Waals surface area contributed by atoms with Crippen LogP contribution in [0.2, 0.25) is 0 Å². The molecule has 2 nitrogen and oxygen atoms in total. The van der Waals surface area contributed by atoms with E-state index in [1.807, 2.05) is 0 Å². The number of hydrogen-bond donors (Lipinski definition) is 1. The lowest BCUT2D eigenvalue weighted by Crippen LogP contribution is -2.36. The third-order valence-corrected chi connectivity index (χ3v) is 4.67. The summed E-state index contributed by atoms with van der Waals surface area (Å²) in [5.41, 5.74) is 3.00. The van der Waals surface area contributed by atoms with Gasteiger partial charge >= 0.3 is 0 Å². The maximum absolute atomic E-state index is 3.66. The second kappa shape index (κ2) is 6.42. The minimum absolute atomic E-state index is 0.952. The first-order valence-corrected chi connectivity index (χ1v) is 7.97. The van der Waals surface area contributed by atoms with Gasteiger partial charge in [0.25, 0.3) is 0 Å². The highest BCUT2D eigenvalue weighted by Crippen LogP contribution is 2.26. The van der Waals surface area contributed by atoms with E-state index in [9.17, 15) is 0 Å². The fourth-order valence-electron chi connectivity index (χ4n) is 3.58. The molecule has 19 heavy (non-hydrogen) atoms. The van der Waals surface area contributed by atoms with Gasteiger partial charge in [0.05, 0.1) is 0 Å². The topological polar surface area (TPSA) is 15.3 Å². The predicted molar refractivity (Wildman–Crippen MR) is 81.8 cm³/mol. The molecular formula is C17H26N2. The maximum Gasteiger partial charge on any atom is 0.0399 e. The molecule has 0 saturated heterocycles. The molecule has 0 spiro atoms. The third kappa shape index (κ3) is 3.30. The first-order valence-electron chi connectivity index (χ1n) is 7.97. The van der Waals surface area contributed by atoms with Gasteiger partial charge < -0.3 is 10.2 Å². The molecule has 0 radical (unpaired) electrons. The summed E-state index contributed by atoms with van der Waals surface area (Å²) < 4.78 is 0. The van der Waals surface area contributed by atoms with Crippen molar-refractivity contribution in [3.8, 4) is 0 Å². The zero-order chi connectivity index (χ0) is 12.9. The van der Waals surface area contributed by atoms with Crippen molar-refractivity contribution in [2.24, 2.45) is 5.92 Å². The zero-order valence-corrected chi connectivity index (χ0v) is 11.9. The van der Waals surface area contributed by atoms with E-state index in [-0.39, 0.29) is 0 Å². The smallest absolute Gasteiger partial charge is 0.0399 e. The summed E-state index contributed by atoms with van der Waals surface area (Å²) in [6, 6.07) is 8.91.